The van der Waals surface area contributed by atoms with Crippen LogP contribution in [0.4, 0.5) is 0 Å². The molecule has 1 aliphatic carbocycles. The summed E-state index contributed by atoms with van der Waals surface area (Å²) in [5.41, 5.74) is -0.368. The number of amides is 1. The Kier molecular flexibility index (Phi) is 4.54. The van der Waals surface area contributed by atoms with Crippen LogP contribution in [0.5, 0.6) is 0 Å². The second-order valence-electron chi connectivity index (χ2n) is 5.59. The van der Waals surface area contributed by atoms with Crippen LogP contribution in [-0.2, 0) is 9.59 Å². The van der Waals surface area contributed by atoms with Crippen LogP contribution < -0.4 is 5.32 Å². The normalized spacial score (nSPS) is 29.1. The minimum absolute atomic E-state index is 0.0820. The van der Waals surface area contributed by atoms with Gasteiger partial charge < -0.3 is 10.4 Å². The van der Waals surface area contributed by atoms with Crippen LogP contribution in [-0.4, -0.2) is 23.5 Å². The monoisotopic (exact) mass is 241 g/mol. The molecular formula is C13H23NO3. The second kappa shape index (κ2) is 5.52. The maximum absolute atomic E-state index is 12.2. The Morgan fingerprint density at radius 3 is 2.59 bits per heavy atom. The van der Waals surface area contributed by atoms with E-state index >= 15 is 0 Å². The molecule has 0 heterocycles. The number of carbonyl (C=O) groups excluding carboxylic acids is 1. The van der Waals surface area contributed by atoms with Crippen molar-refractivity contribution in [1.82, 2.24) is 5.32 Å². The van der Waals surface area contributed by atoms with Gasteiger partial charge >= 0.3 is 5.97 Å². The highest BCUT2D eigenvalue weighted by Gasteiger charge is 2.44. The van der Waals surface area contributed by atoms with Crippen LogP contribution in [0.2, 0.25) is 0 Å². The van der Waals surface area contributed by atoms with Gasteiger partial charge in [0.2, 0.25) is 5.91 Å². The molecule has 1 fully saturated rings. The first-order valence-corrected chi connectivity index (χ1v) is 6.38. The lowest BCUT2D eigenvalue weighted by atomic mass is 9.63. The molecule has 4 nitrogen and oxygen atoms in total. The van der Waals surface area contributed by atoms with Crippen LogP contribution in [0.25, 0.3) is 0 Å². The van der Waals surface area contributed by atoms with Crippen LogP contribution >= 0.6 is 0 Å². The lowest BCUT2D eigenvalue weighted by Crippen LogP contribution is -2.48. The molecule has 98 valence electrons. The summed E-state index contributed by atoms with van der Waals surface area (Å²) in [6, 6.07) is 0. The number of nitrogens with one attached hydrogen (secondary N) is 1. The smallest absolute Gasteiger partial charge is 0.322 e. The van der Waals surface area contributed by atoms with E-state index in [1.807, 2.05) is 0 Å². The van der Waals surface area contributed by atoms with Gasteiger partial charge in [-0.3, -0.25) is 9.59 Å². The van der Waals surface area contributed by atoms with Gasteiger partial charge in [0.25, 0.3) is 0 Å². The minimum atomic E-state index is -0.985. The van der Waals surface area contributed by atoms with Gasteiger partial charge in [0, 0.05) is 0 Å². The number of hydrogen-bond acceptors (Lipinski definition) is 2. The van der Waals surface area contributed by atoms with Crippen LogP contribution in [0.15, 0.2) is 0 Å². The van der Waals surface area contributed by atoms with Crippen molar-refractivity contribution in [3.8, 4) is 0 Å². The molecule has 1 rings (SSSR count). The summed E-state index contributed by atoms with van der Waals surface area (Å²) in [7, 11) is 0. The zero-order valence-electron chi connectivity index (χ0n) is 11.0. The highest BCUT2D eigenvalue weighted by atomic mass is 16.4. The first kappa shape index (κ1) is 14.0. The van der Waals surface area contributed by atoms with Gasteiger partial charge in [0.1, 0.15) is 6.54 Å². The molecule has 1 aliphatic rings. The Balaban J connectivity index is 2.76. The molecule has 2 N–H and O–H groups in total. The number of carboxylic acid groups (broad SMARTS) is 1. The highest BCUT2D eigenvalue weighted by Crippen LogP contribution is 2.44. The lowest BCUT2D eigenvalue weighted by molar-refractivity contribution is -0.143. The van der Waals surface area contributed by atoms with Gasteiger partial charge in [-0.25, -0.2) is 0 Å². The van der Waals surface area contributed by atoms with E-state index in [1.165, 1.54) is 6.42 Å². The maximum atomic E-state index is 12.2. The van der Waals surface area contributed by atoms with Crippen molar-refractivity contribution in [3.63, 3.8) is 0 Å². The van der Waals surface area contributed by atoms with Crippen LogP contribution in [0, 0.1) is 17.3 Å². The molecule has 0 aromatic carbocycles. The van der Waals surface area contributed by atoms with E-state index in [0.717, 1.165) is 19.3 Å². The number of hydrogen-bond donors (Lipinski definition) is 2. The summed E-state index contributed by atoms with van der Waals surface area (Å²) in [6.07, 6.45) is 3.97. The van der Waals surface area contributed by atoms with Gasteiger partial charge in [0.05, 0.1) is 5.41 Å². The van der Waals surface area contributed by atoms with Crippen molar-refractivity contribution in [2.75, 3.05) is 6.54 Å². The Labute approximate surface area is 103 Å². The molecule has 1 amide bonds. The third kappa shape index (κ3) is 3.20. The van der Waals surface area contributed by atoms with Crippen molar-refractivity contribution < 1.29 is 14.7 Å². The van der Waals surface area contributed by atoms with Gasteiger partial charge in [-0.15, -0.1) is 0 Å². The number of aliphatic carboxylic acids is 1. The van der Waals surface area contributed by atoms with E-state index in [-0.39, 0.29) is 23.8 Å². The third-order valence-electron chi connectivity index (χ3n) is 3.99. The first-order valence-electron chi connectivity index (χ1n) is 6.38. The molecule has 0 bridgehead atoms. The van der Waals surface area contributed by atoms with Crippen LogP contribution in [0.3, 0.4) is 0 Å². The Morgan fingerprint density at radius 2 is 2.12 bits per heavy atom. The van der Waals surface area contributed by atoms with E-state index < -0.39 is 5.97 Å². The molecule has 0 aliphatic heterocycles. The zero-order chi connectivity index (χ0) is 13.1. The Bertz CT molecular complexity index is 301. The summed E-state index contributed by atoms with van der Waals surface area (Å²) < 4.78 is 0. The summed E-state index contributed by atoms with van der Waals surface area (Å²) in [5.74, 6) is -0.275. The predicted molar refractivity (Wildman–Crippen MR) is 65.5 cm³/mol. The molecule has 2 unspecified atom stereocenters. The van der Waals surface area contributed by atoms with Crippen molar-refractivity contribution >= 4 is 11.9 Å². The van der Waals surface area contributed by atoms with E-state index in [0.29, 0.717) is 5.92 Å². The molecule has 4 heteroatoms. The van der Waals surface area contributed by atoms with E-state index in [4.69, 9.17) is 5.11 Å². The molecular weight excluding hydrogens is 218 g/mol. The minimum Gasteiger partial charge on any atom is -0.480 e. The van der Waals surface area contributed by atoms with E-state index in [9.17, 15) is 9.59 Å². The zero-order valence-corrected chi connectivity index (χ0v) is 11.0. The molecule has 0 saturated heterocycles. The fourth-order valence-electron chi connectivity index (χ4n) is 2.92. The SMILES string of the molecule is CC1CCCC(C(=O)NCC(=O)O)(C(C)C)C1. The summed E-state index contributed by atoms with van der Waals surface area (Å²) >= 11 is 0. The van der Waals surface area contributed by atoms with Crippen molar-refractivity contribution in [2.24, 2.45) is 17.3 Å². The summed E-state index contributed by atoms with van der Waals surface area (Å²) in [6.45, 7) is 6.00. The largest absolute Gasteiger partial charge is 0.480 e. The molecule has 0 aromatic heterocycles. The molecule has 0 radical (unpaired) electrons. The number of carboxylic acids is 1. The van der Waals surface area contributed by atoms with Crippen molar-refractivity contribution in [2.45, 2.75) is 46.5 Å². The standard InChI is InChI=1S/C13H23NO3/c1-9(2)13(6-4-5-10(3)7-13)12(17)14-8-11(15)16/h9-10H,4-8H2,1-3H3,(H,14,17)(H,15,16). The van der Waals surface area contributed by atoms with Gasteiger partial charge in [-0.05, 0) is 24.7 Å². The molecule has 17 heavy (non-hydrogen) atoms. The van der Waals surface area contributed by atoms with Gasteiger partial charge in [-0.2, -0.15) is 0 Å². The Morgan fingerprint density at radius 1 is 1.47 bits per heavy atom. The van der Waals surface area contributed by atoms with Crippen LogP contribution in [0.1, 0.15) is 46.5 Å². The fraction of sp³-hybridized carbons (Fsp3) is 0.846. The maximum Gasteiger partial charge on any atom is 0.322 e. The summed E-state index contributed by atoms with van der Waals surface area (Å²) in [5, 5.41) is 11.2. The number of carbonyl (C=O) groups is 2. The van der Waals surface area contributed by atoms with Gasteiger partial charge in [0.15, 0.2) is 0 Å². The highest BCUT2D eigenvalue weighted by molar-refractivity contribution is 5.86. The van der Waals surface area contributed by atoms with Crippen molar-refractivity contribution in [1.29, 1.82) is 0 Å². The fourth-order valence-corrected chi connectivity index (χ4v) is 2.92. The van der Waals surface area contributed by atoms with Gasteiger partial charge in [-0.1, -0.05) is 33.6 Å². The number of rotatable bonds is 4. The molecule has 2 atom stereocenters. The summed E-state index contributed by atoms with van der Waals surface area (Å²) in [4.78, 5) is 22.7. The average molecular weight is 241 g/mol. The molecule has 0 aromatic rings. The average Bonchev–Trinajstić information content (AvgIpc) is 2.25. The second-order valence-corrected chi connectivity index (χ2v) is 5.59. The quantitative estimate of drug-likeness (QED) is 0.791. The molecule has 0 spiro atoms. The third-order valence-corrected chi connectivity index (χ3v) is 3.99. The van der Waals surface area contributed by atoms with E-state index in [2.05, 4.69) is 26.1 Å². The van der Waals surface area contributed by atoms with Crippen molar-refractivity contribution in [3.05, 3.63) is 0 Å². The first-order chi connectivity index (χ1) is 7.88. The topological polar surface area (TPSA) is 66.4 Å². The predicted octanol–water partition coefficient (Wildman–Crippen LogP) is 2.04. The lowest BCUT2D eigenvalue weighted by Gasteiger charge is -2.41. The molecule has 1 saturated carbocycles. The Hall–Kier alpha value is -1.06. The van der Waals surface area contributed by atoms with E-state index in [1.54, 1.807) is 0 Å².